The van der Waals surface area contributed by atoms with Gasteiger partial charge in [0, 0.05) is 12.1 Å². The molecular formula is C29H31NO3. The molecule has 4 aliphatic carbocycles. The maximum Gasteiger partial charge on any atom is 0.335 e. The average Bonchev–Trinajstić information content (AvgIpc) is 2.81. The predicted octanol–water partition coefficient (Wildman–Crippen LogP) is 6.01. The Morgan fingerprint density at radius 1 is 0.879 bits per heavy atom. The summed E-state index contributed by atoms with van der Waals surface area (Å²) in [6.07, 6.45) is 8.12. The van der Waals surface area contributed by atoms with Crippen LogP contribution in [0.3, 0.4) is 0 Å². The molecule has 7 rings (SSSR count). The minimum absolute atomic E-state index is 0.238. The van der Waals surface area contributed by atoms with Crippen molar-refractivity contribution in [2.75, 3.05) is 13.2 Å². The van der Waals surface area contributed by atoms with E-state index in [-0.39, 0.29) is 5.41 Å². The number of hydrogen-bond donors (Lipinski definition) is 2. The van der Waals surface area contributed by atoms with Crippen LogP contribution in [-0.4, -0.2) is 24.2 Å². The number of rotatable bonds is 6. The molecule has 0 amide bonds. The van der Waals surface area contributed by atoms with Gasteiger partial charge in [0.2, 0.25) is 0 Å². The third kappa shape index (κ3) is 3.61. The molecule has 0 radical (unpaired) electrons. The number of fused-ring (bicyclic) bond motifs is 1. The number of hydrogen-bond acceptors (Lipinski definition) is 3. The lowest BCUT2D eigenvalue weighted by molar-refractivity contribution is -0.00633. The molecule has 0 aromatic heterocycles. The van der Waals surface area contributed by atoms with Gasteiger partial charge in [0.1, 0.15) is 12.4 Å². The molecule has 4 aliphatic rings. The summed E-state index contributed by atoms with van der Waals surface area (Å²) in [6.45, 7) is 1.06. The van der Waals surface area contributed by atoms with Gasteiger partial charge in [0.25, 0.3) is 0 Å². The first-order valence-electron chi connectivity index (χ1n) is 12.3. The summed E-state index contributed by atoms with van der Waals surface area (Å²) in [5.74, 6) is 2.72. The van der Waals surface area contributed by atoms with E-state index in [0.29, 0.717) is 18.7 Å². The van der Waals surface area contributed by atoms with E-state index in [1.807, 2.05) is 12.1 Å². The molecule has 170 valence electrons. The molecular weight excluding hydrogens is 410 g/mol. The van der Waals surface area contributed by atoms with E-state index in [4.69, 9.17) is 10.5 Å². The Morgan fingerprint density at radius 3 is 2.15 bits per heavy atom. The first-order valence-corrected chi connectivity index (χ1v) is 12.3. The number of carbonyl (C=O) groups is 1. The van der Waals surface area contributed by atoms with Gasteiger partial charge in [-0.2, -0.15) is 0 Å². The van der Waals surface area contributed by atoms with Crippen molar-refractivity contribution in [3.05, 3.63) is 65.7 Å². The normalized spacial score (nSPS) is 27.7. The van der Waals surface area contributed by atoms with Crippen molar-refractivity contribution < 1.29 is 14.6 Å². The van der Waals surface area contributed by atoms with Crippen molar-refractivity contribution in [2.45, 2.75) is 43.9 Å². The molecule has 33 heavy (non-hydrogen) atoms. The van der Waals surface area contributed by atoms with Crippen molar-refractivity contribution in [2.24, 2.45) is 23.5 Å². The molecule has 4 saturated carbocycles. The van der Waals surface area contributed by atoms with Crippen LogP contribution in [0.2, 0.25) is 0 Å². The second-order valence-electron chi connectivity index (χ2n) is 10.6. The Labute approximate surface area is 194 Å². The smallest absolute Gasteiger partial charge is 0.335 e. The van der Waals surface area contributed by atoms with E-state index in [9.17, 15) is 9.90 Å². The Kier molecular flexibility index (Phi) is 4.95. The van der Waals surface area contributed by atoms with Crippen LogP contribution in [0.15, 0.2) is 54.6 Å². The van der Waals surface area contributed by atoms with Gasteiger partial charge >= 0.3 is 5.97 Å². The molecule has 0 unspecified atom stereocenters. The van der Waals surface area contributed by atoms with Crippen LogP contribution in [0.5, 0.6) is 5.75 Å². The molecule has 3 N–H and O–H groups in total. The van der Waals surface area contributed by atoms with Crippen LogP contribution in [0, 0.1) is 17.8 Å². The summed E-state index contributed by atoms with van der Waals surface area (Å²) in [4.78, 5) is 11.3. The summed E-state index contributed by atoms with van der Waals surface area (Å²) >= 11 is 0. The van der Waals surface area contributed by atoms with Gasteiger partial charge in [-0.15, -0.1) is 0 Å². The third-order valence-corrected chi connectivity index (χ3v) is 8.39. The molecule has 4 fully saturated rings. The largest absolute Gasteiger partial charge is 0.492 e. The highest BCUT2D eigenvalue weighted by Gasteiger charge is 2.52. The van der Waals surface area contributed by atoms with Gasteiger partial charge in [0.05, 0.1) is 5.56 Å². The number of carboxylic acid groups (broad SMARTS) is 1. The maximum absolute atomic E-state index is 11.3. The van der Waals surface area contributed by atoms with E-state index in [1.165, 1.54) is 49.7 Å². The number of nitrogens with two attached hydrogens (primary N) is 1. The highest BCUT2D eigenvalue weighted by Crippen LogP contribution is 2.62. The number of aromatic carboxylic acids is 1. The summed E-state index contributed by atoms with van der Waals surface area (Å²) < 4.78 is 6.19. The molecule has 0 aliphatic heterocycles. The topological polar surface area (TPSA) is 72.5 Å². The third-order valence-electron chi connectivity index (χ3n) is 8.39. The molecule has 4 nitrogen and oxygen atoms in total. The minimum atomic E-state index is -0.894. The standard InChI is InChI=1S/C29H31NO3/c30-7-8-33-27-6-5-24(22-1-2-23-13-25(28(31)32)4-3-21(23)12-22)14-26(27)29-15-18-9-19(16-29)11-20(10-18)17-29/h1-6,12-14,18-20H,7-11,15-17,30H2,(H,31,32). The Hall–Kier alpha value is -2.85. The van der Waals surface area contributed by atoms with Gasteiger partial charge in [-0.05, 0) is 114 Å². The van der Waals surface area contributed by atoms with E-state index in [0.717, 1.165) is 39.8 Å². The SMILES string of the molecule is NCCOc1ccc(-c2ccc3cc(C(=O)O)ccc3c2)cc1C12CC3CC(CC(C3)C1)C2. The van der Waals surface area contributed by atoms with Crippen LogP contribution >= 0.6 is 0 Å². The van der Waals surface area contributed by atoms with Gasteiger partial charge < -0.3 is 15.6 Å². The van der Waals surface area contributed by atoms with Crippen molar-refractivity contribution >= 4 is 16.7 Å². The van der Waals surface area contributed by atoms with Crippen molar-refractivity contribution in [1.82, 2.24) is 0 Å². The fraction of sp³-hybridized carbons (Fsp3) is 0.414. The molecule has 0 spiro atoms. The second kappa shape index (κ2) is 7.88. The van der Waals surface area contributed by atoms with Gasteiger partial charge in [-0.1, -0.05) is 24.3 Å². The fourth-order valence-corrected chi connectivity index (χ4v) is 7.42. The number of benzene rings is 3. The van der Waals surface area contributed by atoms with E-state index >= 15 is 0 Å². The van der Waals surface area contributed by atoms with Crippen molar-refractivity contribution in [1.29, 1.82) is 0 Å². The van der Waals surface area contributed by atoms with E-state index in [2.05, 4.69) is 30.3 Å². The highest BCUT2D eigenvalue weighted by atomic mass is 16.5. The molecule has 3 aromatic carbocycles. The first kappa shape index (κ1) is 20.7. The lowest BCUT2D eigenvalue weighted by Crippen LogP contribution is -2.48. The van der Waals surface area contributed by atoms with Gasteiger partial charge in [-0.3, -0.25) is 0 Å². The molecule has 0 heterocycles. The summed E-state index contributed by atoms with van der Waals surface area (Å²) in [5.41, 5.74) is 10.1. The predicted molar refractivity (Wildman–Crippen MR) is 131 cm³/mol. The summed E-state index contributed by atoms with van der Waals surface area (Å²) in [5, 5.41) is 11.3. The summed E-state index contributed by atoms with van der Waals surface area (Å²) in [6, 6.07) is 18.3. The van der Waals surface area contributed by atoms with Crippen molar-refractivity contribution in [3.63, 3.8) is 0 Å². The Morgan fingerprint density at radius 2 is 1.48 bits per heavy atom. The van der Waals surface area contributed by atoms with Crippen LogP contribution in [0.4, 0.5) is 0 Å². The summed E-state index contributed by atoms with van der Waals surface area (Å²) in [7, 11) is 0. The molecule has 4 bridgehead atoms. The minimum Gasteiger partial charge on any atom is -0.492 e. The quantitative estimate of drug-likeness (QED) is 0.491. The zero-order valence-electron chi connectivity index (χ0n) is 18.9. The molecule has 3 aromatic rings. The number of carboxylic acids is 1. The Balaban J connectivity index is 1.42. The average molecular weight is 442 g/mol. The van der Waals surface area contributed by atoms with Gasteiger partial charge in [0.15, 0.2) is 0 Å². The Bertz CT molecular complexity index is 1200. The van der Waals surface area contributed by atoms with Crippen molar-refractivity contribution in [3.8, 4) is 16.9 Å². The zero-order chi connectivity index (χ0) is 22.6. The molecule has 0 atom stereocenters. The van der Waals surface area contributed by atoms with Gasteiger partial charge in [-0.25, -0.2) is 4.79 Å². The van der Waals surface area contributed by atoms with Crippen LogP contribution in [-0.2, 0) is 5.41 Å². The first-order chi connectivity index (χ1) is 16.0. The molecule has 4 heteroatoms. The van der Waals surface area contributed by atoms with Crippen LogP contribution in [0.25, 0.3) is 21.9 Å². The van der Waals surface area contributed by atoms with E-state index in [1.54, 1.807) is 12.1 Å². The highest BCUT2D eigenvalue weighted by molar-refractivity contribution is 5.95. The molecule has 0 saturated heterocycles. The number of ether oxygens (including phenoxy) is 1. The van der Waals surface area contributed by atoms with Crippen LogP contribution < -0.4 is 10.5 Å². The maximum atomic E-state index is 11.3. The van der Waals surface area contributed by atoms with E-state index < -0.39 is 5.97 Å². The lowest BCUT2D eigenvalue weighted by atomic mass is 9.48. The monoisotopic (exact) mass is 441 g/mol. The second-order valence-corrected chi connectivity index (χ2v) is 10.6. The zero-order valence-corrected chi connectivity index (χ0v) is 18.9. The lowest BCUT2D eigenvalue weighted by Gasteiger charge is -2.57. The fourth-order valence-electron chi connectivity index (χ4n) is 7.42. The van der Waals surface area contributed by atoms with Crippen LogP contribution in [0.1, 0.15) is 54.4 Å².